The molecule has 0 bridgehead atoms. The van der Waals surface area contributed by atoms with Crippen LogP contribution in [0.15, 0.2) is 36.7 Å². The number of hydrogen-bond donors (Lipinski definition) is 3. The molecule has 35 heavy (non-hydrogen) atoms. The highest BCUT2D eigenvalue weighted by atomic mass is 19.1. The molecule has 1 aromatic carbocycles. The summed E-state index contributed by atoms with van der Waals surface area (Å²) in [5.41, 5.74) is 4.51. The van der Waals surface area contributed by atoms with Crippen molar-refractivity contribution in [3.63, 3.8) is 0 Å². The van der Waals surface area contributed by atoms with Crippen molar-refractivity contribution in [2.75, 3.05) is 32.2 Å². The Morgan fingerprint density at radius 2 is 2.11 bits per heavy atom. The van der Waals surface area contributed by atoms with Gasteiger partial charge in [-0.05, 0) is 18.2 Å². The highest BCUT2D eigenvalue weighted by Gasteiger charge is 2.29. The number of methoxy groups -OCH3 is 1. The normalized spacial score (nSPS) is 15.3. The average molecular weight is 476 g/mol. The molecule has 5 heterocycles. The monoisotopic (exact) mass is 476 g/mol. The number of rotatable bonds is 6. The predicted octanol–water partition coefficient (Wildman–Crippen LogP) is 2.97. The number of carbonyl (C=O) groups excluding carboxylic acids is 1. The average Bonchev–Trinajstić information content (AvgIpc) is 3.20. The first-order valence-electron chi connectivity index (χ1n) is 11.1. The first-order chi connectivity index (χ1) is 17.1. The summed E-state index contributed by atoms with van der Waals surface area (Å²) < 4.78 is 30.6. The Labute approximate surface area is 198 Å². The lowest BCUT2D eigenvalue weighted by molar-refractivity contribution is -0.0830. The molecule has 11 heteroatoms. The molecule has 2 aliphatic rings. The maximum Gasteiger partial charge on any atom is 0.317 e. The van der Waals surface area contributed by atoms with Crippen LogP contribution in [0.2, 0.25) is 0 Å². The number of aromatic amines is 1. The van der Waals surface area contributed by atoms with Gasteiger partial charge in [-0.25, -0.2) is 9.37 Å². The van der Waals surface area contributed by atoms with Crippen LogP contribution in [0, 0.1) is 5.82 Å². The lowest BCUT2D eigenvalue weighted by Gasteiger charge is -2.25. The summed E-state index contributed by atoms with van der Waals surface area (Å²) in [6, 6.07) is 6.59. The molecule has 0 spiro atoms. The van der Waals surface area contributed by atoms with Gasteiger partial charge in [0, 0.05) is 30.4 Å². The predicted molar refractivity (Wildman–Crippen MR) is 125 cm³/mol. The molecule has 10 nitrogen and oxygen atoms in total. The number of amides is 1. The number of para-hydroxylation sites is 1. The summed E-state index contributed by atoms with van der Waals surface area (Å²) in [4.78, 5) is 29.5. The number of halogens is 1. The number of aromatic nitrogens is 4. The van der Waals surface area contributed by atoms with E-state index in [0.717, 1.165) is 5.69 Å². The van der Waals surface area contributed by atoms with Gasteiger partial charge in [0.25, 0.3) is 5.91 Å². The van der Waals surface area contributed by atoms with Crippen molar-refractivity contribution in [1.29, 1.82) is 0 Å². The quantitative estimate of drug-likeness (QED) is 0.388. The zero-order valence-electron chi connectivity index (χ0n) is 18.7. The maximum absolute atomic E-state index is 14.4. The summed E-state index contributed by atoms with van der Waals surface area (Å²) in [5, 5.41) is 6.11. The van der Waals surface area contributed by atoms with Gasteiger partial charge in [-0.3, -0.25) is 9.78 Å². The standard InChI is InChI=1S/C24H21FN6O4/c1-33-22-14(25)3-2-4-16(22)30-21-18-15(6-8-27-23(18)32)29-20(21)13-5-7-26-17-9-28-24(31-19(13)17)35-12-10-34-11-12/h2-5,7,9,12,29-30H,6,8,10-11H2,1H3,(H,27,32). The Bertz CT molecular complexity index is 1450. The molecule has 178 valence electrons. The molecule has 1 amide bonds. The fraction of sp³-hybridized carbons (Fsp3) is 0.250. The van der Waals surface area contributed by atoms with E-state index in [-0.39, 0.29) is 23.8 Å². The summed E-state index contributed by atoms with van der Waals surface area (Å²) in [6.45, 7) is 1.49. The van der Waals surface area contributed by atoms with Crippen LogP contribution in [0.3, 0.4) is 0 Å². The molecule has 4 aromatic rings. The number of hydrogen-bond acceptors (Lipinski definition) is 8. The van der Waals surface area contributed by atoms with E-state index in [1.807, 2.05) is 0 Å². The van der Waals surface area contributed by atoms with E-state index < -0.39 is 5.82 Å². The second kappa shape index (κ2) is 8.51. The van der Waals surface area contributed by atoms with Crippen LogP contribution in [0.4, 0.5) is 15.8 Å². The van der Waals surface area contributed by atoms with E-state index >= 15 is 0 Å². The number of H-pyrrole nitrogens is 1. The zero-order chi connectivity index (χ0) is 23.9. The van der Waals surface area contributed by atoms with Gasteiger partial charge < -0.3 is 29.8 Å². The second-order valence-corrected chi connectivity index (χ2v) is 8.20. The molecule has 1 fully saturated rings. The molecule has 1 saturated heterocycles. The number of nitrogens with one attached hydrogen (secondary N) is 3. The van der Waals surface area contributed by atoms with Crippen LogP contribution in [0.25, 0.3) is 22.3 Å². The van der Waals surface area contributed by atoms with Gasteiger partial charge in [0.15, 0.2) is 11.6 Å². The Kier molecular flexibility index (Phi) is 5.18. The molecule has 0 unspecified atom stereocenters. The van der Waals surface area contributed by atoms with Crippen molar-refractivity contribution in [2.45, 2.75) is 12.5 Å². The van der Waals surface area contributed by atoms with Crippen LogP contribution in [0.5, 0.6) is 11.8 Å². The fourth-order valence-electron chi connectivity index (χ4n) is 4.27. The van der Waals surface area contributed by atoms with Crippen molar-refractivity contribution in [3.8, 4) is 23.0 Å². The second-order valence-electron chi connectivity index (χ2n) is 8.20. The smallest absolute Gasteiger partial charge is 0.317 e. The largest absolute Gasteiger partial charge is 0.492 e. The minimum absolute atomic E-state index is 0.0462. The minimum atomic E-state index is -0.517. The number of anilines is 2. The van der Waals surface area contributed by atoms with Crippen molar-refractivity contribution in [1.82, 2.24) is 25.3 Å². The summed E-state index contributed by atoms with van der Waals surface area (Å²) >= 11 is 0. The summed E-state index contributed by atoms with van der Waals surface area (Å²) in [7, 11) is 1.39. The molecule has 0 atom stereocenters. The number of fused-ring (bicyclic) bond motifs is 2. The highest BCUT2D eigenvalue weighted by molar-refractivity contribution is 6.08. The zero-order valence-corrected chi connectivity index (χ0v) is 18.7. The van der Waals surface area contributed by atoms with Gasteiger partial charge in [0.05, 0.1) is 49.2 Å². The maximum atomic E-state index is 14.4. The summed E-state index contributed by atoms with van der Waals surface area (Å²) in [5.74, 6) is -0.699. The Balaban J connectivity index is 1.52. The fourth-order valence-corrected chi connectivity index (χ4v) is 4.27. The van der Waals surface area contributed by atoms with Gasteiger partial charge >= 0.3 is 6.01 Å². The van der Waals surface area contributed by atoms with Crippen molar-refractivity contribution in [2.24, 2.45) is 0 Å². The van der Waals surface area contributed by atoms with Crippen molar-refractivity contribution in [3.05, 3.63) is 53.7 Å². The molecule has 3 aromatic heterocycles. The molecule has 3 N–H and O–H groups in total. The van der Waals surface area contributed by atoms with Gasteiger partial charge in [-0.15, -0.1) is 0 Å². The van der Waals surface area contributed by atoms with Crippen LogP contribution in [-0.4, -0.2) is 58.8 Å². The van der Waals surface area contributed by atoms with E-state index in [0.29, 0.717) is 65.4 Å². The number of nitrogens with zero attached hydrogens (tertiary/aromatic N) is 3. The number of carbonyl (C=O) groups is 1. The Morgan fingerprint density at radius 1 is 1.23 bits per heavy atom. The minimum Gasteiger partial charge on any atom is -0.492 e. The van der Waals surface area contributed by atoms with Gasteiger partial charge in [-0.2, -0.15) is 4.98 Å². The van der Waals surface area contributed by atoms with Gasteiger partial charge in [-0.1, -0.05) is 6.07 Å². The van der Waals surface area contributed by atoms with Crippen LogP contribution in [-0.2, 0) is 11.2 Å². The SMILES string of the molecule is COc1c(F)cccc1Nc1c(-c2ccnc3cnc(OC4COC4)nc23)[nH]c2c1C(=O)NCC2. The number of pyridine rings is 1. The molecule has 0 saturated carbocycles. The Morgan fingerprint density at radius 3 is 2.91 bits per heavy atom. The van der Waals surface area contributed by atoms with Crippen LogP contribution < -0.4 is 20.1 Å². The van der Waals surface area contributed by atoms with E-state index in [1.54, 1.807) is 30.6 Å². The number of ether oxygens (including phenoxy) is 3. The van der Waals surface area contributed by atoms with Crippen LogP contribution in [0.1, 0.15) is 16.1 Å². The number of benzene rings is 1. The highest BCUT2D eigenvalue weighted by Crippen LogP contribution is 2.41. The van der Waals surface area contributed by atoms with Gasteiger partial charge in [0.2, 0.25) is 0 Å². The van der Waals surface area contributed by atoms with Crippen LogP contribution >= 0.6 is 0 Å². The third-order valence-corrected chi connectivity index (χ3v) is 6.00. The van der Waals surface area contributed by atoms with Gasteiger partial charge in [0.1, 0.15) is 17.1 Å². The third-order valence-electron chi connectivity index (χ3n) is 6.00. The lowest BCUT2D eigenvalue weighted by atomic mass is 10.0. The molecule has 6 rings (SSSR count). The van der Waals surface area contributed by atoms with E-state index in [1.165, 1.54) is 13.2 Å². The van der Waals surface area contributed by atoms with E-state index in [4.69, 9.17) is 14.2 Å². The summed E-state index contributed by atoms with van der Waals surface area (Å²) in [6.07, 6.45) is 3.77. The van der Waals surface area contributed by atoms with Crippen molar-refractivity contribution >= 4 is 28.3 Å². The Hall–Kier alpha value is -4.25. The first-order valence-corrected chi connectivity index (χ1v) is 11.1. The first kappa shape index (κ1) is 21.3. The molecule has 0 radical (unpaired) electrons. The molecular formula is C24H21FN6O4. The van der Waals surface area contributed by atoms with Crippen molar-refractivity contribution < 1.29 is 23.4 Å². The lowest BCUT2D eigenvalue weighted by Crippen LogP contribution is -2.39. The third kappa shape index (κ3) is 3.69. The van der Waals surface area contributed by atoms with E-state index in [2.05, 4.69) is 30.6 Å². The molecule has 0 aliphatic carbocycles. The molecular weight excluding hydrogens is 455 g/mol. The molecule has 2 aliphatic heterocycles. The topological polar surface area (TPSA) is 123 Å². The van der Waals surface area contributed by atoms with E-state index in [9.17, 15) is 9.18 Å².